The Labute approximate surface area is 133 Å². The lowest BCUT2D eigenvalue weighted by molar-refractivity contribution is 0.0950. The number of hydrogen-bond donors (Lipinski definition) is 1. The standard InChI is InChI=1S/C13H8Cl2FN3OS/c14-9-4-10(15)11(16)3-8(9)12(20)17-5-7-6-19-1-2-21-13(19)18-7/h1-4,6H,5H2,(H,17,20). The number of amides is 1. The third-order valence-electron chi connectivity index (χ3n) is 2.83. The molecule has 3 aromatic rings. The molecule has 0 spiro atoms. The van der Waals surface area contributed by atoms with Crippen LogP contribution in [0.5, 0.6) is 0 Å². The molecule has 1 amide bonds. The highest BCUT2D eigenvalue weighted by Gasteiger charge is 2.14. The molecule has 1 N–H and O–H groups in total. The maximum Gasteiger partial charge on any atom is 0.253 e. The van der Waals surface area contributed by atoms with Crippen LogP contribution in [0.2, 0.25) is 10.0 Å². The normalized spacial score (nSPS) is 11.0. The number of hydrogen-bond acceptors (Lipinski definition) is 3. The minimum Gasteiger partial charge on any atom is -0.346 e. The third-order valence-corrected chi connectivity index (χ3v) is 4.20. The summed E-state index contributed by atoms with van der Waals surface area (Å²) in [5.74, 6) is -1.17. The molecular weight excluding hydrogens is 336 g/mol. The van der Waals surface area contributed by atoms with Crippen LogP contribution in [0, 0.1) is 5.82 Å². The van der Waals surface area contributed by atoms with Crippen molar-refractivity contribution in [2.24, 2.45) is 0 Å². The van der Waals surface area contributed by atoms with Crippen LogP contribution in [0.1, 0.15) is 16.1 Å². The number of benzene rings is 1. The van der Waals surface area contributed by atoms with Crippen LogP contribution in [-0.4, -0.2) is 15.3 Å². The lowest BCUT2D eigenvalue weighted by atomic mass is 10.2. The molecule has 0 saturated heterocycles. The van der Waals surface area contributed by atoms with E-state index in [4.69, 9.17) is 23.2 Å². The molecule has 108 valence electrons. The minimum absolute atomic E-state index is 0.0413. The number of nitrogens with one attached hydrogen (secondary N) is 1. The van der Waals surface area contributed by atoms with Crippen molar-refractivity contribution in [1.29, 1.82) is 0 Å². The molecule has 8 heteroatoms. The SMILES string of the molecule is O=C(NCc1cn2ccsc2n1)c1cc(F)c(Cl)cc1Cl. The van der Waals surface area contributed by atoms with E-state index < -0.39 is 11.7 Å². The molecule has 0 saturated carbocycles. The van der Waals surface area contributed by atoms with Gasteiger partial charge in [0.25, 0.3) is 5.91 Å². The molecule has 0 aliphatic carbocycles. The molecule has 2 heterocycles. The van der Waals surface area contributed by atoms with Crippen molar-refractivity contribution in [3.05, 3.63) is 57.0 Å². The quantitative estimate of drug-likeness (QED) is 0.735. The highest BCUT2D eigenvalue weighted by molar-refractivity contribution is 7.15. The number of nitrogens with zero attached hydrogens (tertiary/aromatic N) is 2. The molecular formula is C13H8Cl2FN3OS. The van der Waals surface area contributed by atoms with Crippen LogP contribution in [0.15, 0.2) is 29.9 Å². The van der Waals surface area contributed by atoms with E-state index in [9.17, 15) is 9.18 Å². The van der Waals surface area contributed by atoms with Gasteiger partial charge in [0.2, 0.25) is 0 Å². The predicted octanol–water partition coefficient (Wildman–Crippen LogP) is 3.77. The Morgan fingerprint density at radius 3 is 2.95 bits per heavy atom. The molecule has 3 rings (SSSR count). The smallest absolute Gasteiger partial charge is 0.253 e. The first-order chi connectivity index (χ1) is 10.0. The predicted molar refractivity (Wildman–Crippen MR) is 80.7 cm³/mol. The Kier molecular flexibility index (Phi) is 3.84. The van der Waals surface area contributed by atoms with Gasteiger partial charge in [-0.2, -0.15) is 0 Å². The molecule has 21 heavy (non-hydrogen) atoms. The van der Waals surface area contributed by atoms with Gasteiger partial charge in [-0.1, -0.05) is 23.2 Å². The number of aromatic nitrogens is 2. The summed E-state index contributed by atoms with van der Waals surface area (Å²) in [5, 5.41) is 4.55. The summed E-state index contributed by atoms with van der Waals surface area (Å²) in [6.45, 7) is 0.230. The Morgan fingerprint density at radius 1 is 1.38 bits per heavy atom. The number of imidazole rings is 1. The monoisotopic (exact) mass is 343 g/mol. The zero-order valence-corrected chi connectivity index (χ0v) is 12.8. The molecule has 0 atom stereocenters. The van der Waals surface area contributed by atoms with E-state index in [-0.39, 0.29) is 22.2 Å². The summed E-state index contributed by atoms with van der Waals surface area (Å²) in [6.07, 6.45) is 3.69. The minimum atomic E-state index is -0.686. The average Bonchev–Trinajstić information content (AvgIpc) is 3.01. The van der Waals surface area contributed by atoms with Gasteiger partial charge in [0.15, 0.2) is 4.96 Å². The summed E-state index contributed by atoms with van der Waals surface area (Å²) >= 11 is 13.0. The first-order valence-electron chi connectivity index (χ1n) is 5.88. The lowest BCUT2D eigenvalue weighted by Crippen LogP contribution is -2.23. The van der Waals surface area contributed by atoms with Gasteiger partial charge in [-0.25, -0.2) is 9.37 Å². The molecule has 0 radical (unpaired) electrons. The van der Waals surface area contributed by atoms with Gasteiger partial charge in [0, 0.05) is 17.8 Å². The average molecular weight is 344 g/mol. The van der Waals surface area contributed by atoms with Gasteiger partial charge < -0.3 is 5.32 Å². The maximum atomic E-state index is 13.4. The fourth-order valence-corrected chi connectivity index (χ4v) is 3.01. The van der Waals surface area contributed by atoms with Crippen molar-refractivity contribution < 1.29 is 9.18 Å². The van der Waals surface area contributed by atoms with E-state index >= 15 is 0 Å². The molecule has 0 unspecified atom stereocenters. The summed E-state index contributed by atoms with van der Waals surface area (Å²) in [7, 11) is 0. The largest absolute Gasteiger partial charge is 0.346 e. The number of rotatable bonds is 3. The summed E-state index contributed by atoms with van der Waals surface area (Å²) in [4.78, 5) is 17.2. The number of carbonyl (C=O) groups is 1. The van der Waals surface area contributed by atoms with E-state index in [1.807, 2.05) is 22.2 Å². The highest BCUT2D eigenvalue weighted by atomic mass is 35.5. The van der Waals surface area contributed by atoms with E-state index in [0.29, 0.717) is 5.69 Å². The molecule has 0 fully saturated rings. The van der Waals surface area contributed by atoms with Gasteiger partial charge in [-0.15, -0.1) is 11.3 Å². The van der Waals surface area contributed by atoms with Crippen LogP contribution in [0.25, 0.3) is 4.96 Å². The van der Waals surface area contributed by atoms with Gasteiger partial charge >= 0.3 is 0 Å². The fraction of sp³-hybridized carbons (Fsp3) is 0.0769. The highest BCUT2D eigenvalue weighted by Crippen LogP contribution is 2.24. The van der Waals surface area contributed by atoms with Crippen LogP contribution in [0.4, 0.5) is 4.39 Å². The van der Waals surface area contributed by atoms with Crippen LogP contribution in [0.3, 0.4) is 0 Å². The number of thiazole rings is 1. The lowest BCUT2D eigenvalue weighted by Gasteiger charge is -2.06. The van der Waals surface area contributed by atoms with Crippen molar-refractivity contribution in [3.8, 4) is 0 Å². The molecule has 2 aromatic heterocycles. The Morgan fingerprint density at radius 2 is 2.19 bits per heavy atom. The molecule has 0 aliphatic heterocycles. The second-order valence-corrected chi connectivity index (χ2v) is 5.94. The van der Waals surface area contributed by atoms with Crippen LogP contribution < -0.4 is 5.32 Å². The number of fused-ring (bicyclic) bond motifs is 1. The zero-order chi connectivity index (χ0) is 15.0. The van der Waals surface area contributed by atoms with Gasteiger partial charge in [-0.3, -0.25) is 9.20 Å². The van der Waals surface area contributed by atoms with Crippen molar-refractivity contribution in [2.75, 3.05) is 0 Å². The summed E-state index contributed by atoms with van der Waals surface area (Å²) in [5.41, 5.74) is 0.750. The third kappa shape index (κ3) is 2.88. The van der Waals surface area contributed by atoms with Gasteiger partial charge in [0.1, 0.15) is 5.82 Å². The molecule has 1 aromatic carbocycles. The van der Waals surface area contributed by atoms with Crippen molar-refractivity contribution in [3.63, 3.8) is 0 Å². The Hall–Kier alpha value is -1.63. The topological polar surface area (TPSA) is 46.4 Å². The second kappa shape index (κ2) is 5.63. The molecule has 0 aliphatic rings. The zero-order valence-electron chi connectivity index (χ0n) is 10.4. The van der Waals surface area contributed by atoms with Crippen LogP contribution >= 0.6 is 34.5 Å². The van der Waals surface area contributed by atoms with E-state index in [1.165, 1.54) is 17.4 Å². The van der Waals surface area contributed by atoms with E-state index in [1.54, 1.807) is 0 Å². The first kappa shape index (κ1) is 14.3. The van der Waals surface area contributed by atoms with Crippen molar-refractivity contribution in [2.45, 2.75) is 6.54 Å². The molecule has 4 nitrogen and oxygen atoms in total. The maximum absolute atomic E-state index is 13.4. The fourth-order valence-electron chi connectivity index (χ4n) is 1.82. The van der Waals surface area contributed by atoms with Crippen molar-refractivity contribution >= 4 is 45.4 Å². The second-order valence-electron chi connectivity index (χ2n) is 4.25. The number of carbonyl (C=O) groups excluding carboxylic acids is 1. The Balaban J connectivity index is 1.74. The summed E-state index contributed by atoms with van der Waals surface area (Å²) < 4.78 is 15.3. The van der Waals surface area contributed by atoms with E-state index in [2.05, 4.69) is 10.3 Å². The Bertz CT molecular complexity index is 802. The van der Waals surface area contributed by atoms with Crippen LogP contribution in [-0.2, 0) is 6.54 Å². The molecule has 0 bridgehead atoms. The van der Waals surface area contributed by atoms with Crippen molar-refractivity contribution in [1.82, 2.24) is 14.7 Å². The van der Waals surface area contributed by atoms with Gasteiger partial charge in [0.05, 0.1) is 27.8 Å². The van der Waals surface area contributed by atoms with E-state index in [0.717, 1.165) is 11.0 Å². The number of halogens is 3. The van der Waals surface area contributed by atoms with Gasteiger partial charge in [-0.05, 0) is 12.1 Å². The first-order valence-corrected chi connectivity index (χ1v) is 7.52. The summed E-state index contributed by atoms with van der Waals surface area (Å²) in [6, 6.07) is 2.23.